The lowest BCUT2D eigenvalue weighted by Gasteiger charge is -2.42. The second kappa shape index (κ2) is 9.88. The molecule has 0 heterocycles. The quantitative estimate of drug-likeness (QED) is 0.378. The summed E-state index contributed by atoms with van der Waals surface area (Å²) in [7, 11) is -2.04. The largest absolute Gasteiger partial charge is 0.460 e. The van der Waals surface area contributed by atoms with E-state index in [0.29, 0.717) is 22.5 Å². The van der Waals surface area contributed by atoms with Gasteiger partial charge in [0.2, 0.25) is 8.32 Å². The number of hydrogen-bond acceptors (Lipinski definition) is 3. The van der Waals surface area contributed by atoms with Crippen molar-refractivity contribution in [2.45, 2.75) is 95.9 Å². The van der Waals surface area contributed by atoms with Gasteiger partial charge in [-0.05, 0) is 41.4 Å². The highest BCUT2D eigenvalue weighted by Crippen LogP contribution is 2.42. The Morgan fingerprint density at radius 2 is 1.52 bits per heavy atom. The number of ether oxygens (including phenoxy) is 1. The summed E-state index contributed by atoms with van der Waals surface area (Å²) < 4.78 is 12.4. The fourth-order valence-electron chi connectivity index (χ4n) is 5.21. The van der Waals surface area contributed by atoms with E-state index < -0.39 is 8.32 Å². The molecule has 1 aliphatic rings. The molecule has 3 nitrogen and oxygen atoms in total. The van der Waals surface area contributed by atoms with Crippen molar-refractivity contribution in [3.8, 4) is 0 Å². The second-order valence-corrected chi connectivity index (χ2v) is 14.4. The molecular weight excluding hydrogens is 352 g/mol. The predicted octanol–water partition coefficient (Wildman–Crippen LogP) is 6.45. The zero-order chi connectivity index (χ0) is 20.0. The monoisotopic (exact) mass is 390 g/mol. The number of carbonyl (C=O) groups excluding carboxylic acids is 1. The lowest BCUT2D eigenvalue weighted by molar-refractivity contribution is -0.154. The molecule has 1 aromatic rings. The summed E-state index contributed by atoms with van der Waals surface area (Å²) in [5.41, 5.74) is 2.69. The first kappa shape index (κ1) is 22.2. The lowest BCUT2D eigenvalue weighted by atomic mass is 9.81. The van der Waals surface area contributed by atoms with Gasteiger partial charge in [0.05, 0.1) is 0 Å². The number of rotatable bonds is 8. The molecule has 2 rings (SSSR count). The first-order chi connectivity index (χ1) is 12.8. The topological polar surface area (TPSA) is 35.5 Å². The molecule has 0 bridgehead atoms. The Balaban J connectivity index is 2.03. The highest BCUT2D eigenvalue weighted by molar-refractivity contribution is 6.77. The Morgan fingerprint density at radius 1 is 0.963 bits per heavy atom. The highest BCUT2D eigenvalue weighted by Gasteiger charge is 2.45. The SMILES string of the molecule is CC(C)[Si](OCC(=O)O[C@@H]1CCCC[C@H]1c1ccccc1)(C(C)C)C(C)C. The molecule has 1 fully saturated rings. The minimum absolute atomic E-state index is 0.0227. The van der Waals surface area contributed by atoms with Crippen LogP contribution in [0, 0.1) is 0 Å². The first-order valence-corrected chi connectivity index (χ1v) is 12.8. The van der Waals surface area contributed by atoms with Crippen LogP contribution in [0.4, 0.5) is 0 Å². The van der Waals surface area contributed by atoms with Crippen molar-refractivity contribution in [1.82, 2.24) is 0 Å². The van der Waals surface area contributed by atoms with Crippen molar-refractivity contribution in [2.75, 3.05) is 6.61 Å². The third-order valence-corrected chi connectivity index (χ3v) is 12.4. The number of carbonyl (C=O) groups is 1. The van der Waals surface area contributed by atoms with E-state index in [1.807, 2.05) is 6.07 Å². The Kier molecular flexibility index (Phi) is 8.11. The molecule has 1 aromatic carbocycles. The maximum absolute atomic E-state index is 12.7. The summed E-state index contributed by atoms with van der Waals surface area (Å²) in [6.45, 7) is 13.5. The maximum Gasteiger partial charge on any atom is 0.331 e. The number of esters is 1. The van der Waals surface area contributed by atoms with E-state index in [0.717, 1.165) is 19.3 Å². The minimum atomic E-state index is -2.04. The van der Waals surface area contributed by atoms with Crippen molar-refractivity contribution in [2.24, 2.45) is 0 Å². The van der Waals surface area contributed by atoms with Crippen LogP contribution in [0.3, 0.4) is 0 Å². The molecule has 0 amide bonds. The van der Waals surface area contributed by atoms with Crippen molar-refractivity contribution in [3.05, 3.63) is 35.9 Å². The van der Waals surface area contributed by atoms with Gasteiger partial charge in [-0.25, -0.2) is 4.79 Å². The van der Waals surface area contributed by atoms with Crippen LogP contribution >= 0.6 is 0 Å². The summed E-state index contributed by atoms with van der Waals surface area (Å²) in [6.07, 6.45) is 4.35. The Bertz CT molecular complexity index is 561. The van der Waals surface area contributed by atoms with Gasteiger partial charge in [0.15, 0.2) is 0 Å². The van der Waals surface area contributed by atoms with Crippen molar-refractivity contribution < 1.29 is 14.0 Å². The minimum Gasteiger partial charge on any atom is -0.460 e. The van der Waals surface area contributed by atoms with Gasteiger partial charge in [0.1, 0.15) is 12.7 Å². The molecular formula is C23H38O3Si. The van der Waals surface area contributed by atoms with Gasteiger partial charge in [-0.1, -0.05) is 78.3 Å². The van der Waals surface area contributed by atoms with E-state index in [2.05, 4.69) is 65.8 Å². The van der Waals surface area contributed by atoms with Crippen molar-refractivity contribution >= 4 is 14.3 Å². The van der Waals surface area contributed by atoms with Gasteiger partial charge < -0.3 is 9.16 Å². The zero-order valence-corrected chi connectivity index (χ0v) is 19.0. The summed E-state index contributed by atoms with van der Waals surface area (Å²) in [4.78, 5) is 12.7. The van der Waals surface area contributed by atoms with Crippen molar-refractivity contribution in [1.29, 1.82) is 0 Å². The smallest absolute Gasteiger partial charge is 0.331 e. The van der Waals surface area contributed by atoms with Crippen molar-refractivity contribution in [3.63, 3.8) is 0 Å². The van der Waals surface area contributed by atoms with Crippen LogP contribution in [-0.2, 0) is 14.0 Å². The summed E-state index contributed by atoms with van der Waals surface area (Å²) in [5.74, 6) is 0.118. The molecule has 0 saturated heterocycles. The molecule has 152 valence electrons. The summed E-state index contributed by atoms with van der Waals surface area (Å²) >= 11 is 0. The van der Waals surface area contributed by atoms with Crippen LogP contribution in [0.15, 0.2) is 30.3 Å². The molecule has 0 aliphatic heterocycles. The second-order valence-electron chi connectivity index (χ2n) is 8.94. The number of benzene rings is 1. The third-order valence-electron chi connectivity index (χ3n) is 6.36. The molecule has 1 saturated carbocycles. The third kappa shape index (κ3) is 5.23. The Morgan fingerprint density at radius 3 is 2.07 bits per heavy atom. The zero-order valence-electron chi connectivity index (χ0n) is 18.0. The van der Waals surface area contributed by atoms with Gasteiger partial charge in [-0.2, -0.15) is 0 Å². The highest BCUT2D eigenvalue weighted by atomic mass is 28.4. The molecule has 0 N–H and O–H groups in total. The standard InChI is InChI=1S/C23H38O3Si/c1-17(2)27(18(3)4,19(5)6)25-16-23(24)26-22-15-11-10-14-21(22)20-12-8-7-9-13-20/h7-9,12-13,17-19,21-22H,10-11,14-16H2,1-6H3/t21-,22+/m0/s1. The van der Waals surface area contributed by atoms with Crippen LogP contribution in [0.5, 0.6) is 0 Å². The van der Waals surface area contributed by atoms with Crippen LogP contribution in [-0.4, -0.2) is 27.0 Å². The van der Waals surface area contributed by atoms with Gasteiger partial charge in [-0.3, -0.25) is 0 Å². The molecule has 0 spiro atoms. The Hall–Kier alpha value is -1.13. The van der Waals surface area contributed by atoms with Crippen LogP contribution in [0.1, 0.15) is 78.7 Å². The van der Waals surface area contributed by atoms with Crippen LogP contribution < -0.4 is 0 Å². The molecule has 2 atom stereocenters. The van der Waals surface area contributed by atoms with Crippen LogP contribution in [0.2, 0.25) is 16.6 Å². The fourth-order valence-corrected chi connectivity index (χ4v) is 10.6. The van der Waals surface area contributed by atoms with E-state index in [4.69, 9.17) is 9.16 Å². The van der Waals surface area contributed by atoms with E-state index >= 15 is 0 Å². The van der Waals surface area contributed by atoms with Gasteiger partial charge in [-0.15, -0.1) is 0 Å². The molecule has 0 radical (unpaired) electrons. The summed E-state index contributed by atoms with van der Waals surface area (Å²) in [5, 5.41) is 0. The molecule has 27 heavy (non-hydrogen) atoms. The first-order valence-electron chi connectivity index (χ1n) is 10.7. The molecule has 0 unspecified atom stereocenters. The Labute approximate surface area is 167 Å². The van der Waals surface area contributed by atoms with Gasteiger partial charge >= 0.3 is 5.97 Å². The van der Waals surface area contributed by atoms with Gasteiger partial charge in [0.25, 0.3) is 0 Å². The predicted molar refractivity (Wildman–Crippen MR) is 115 cm³/mol. The number of hydrogen-bond donors (Lipinski definition) is 0. The lowest BCUT2D eigenvalue weighted by Crippen LogP contribution is -2.49. The van der Waals surface area contributed by atoms with Crippen LogP contribution in [0.25, 0.3) is 0 Å². The fraction of sp³-hybridized carbons (Fsp3) is 0.696. The van der Waals surface area contributed by atoms with E-state index in [9.17, 15) is 4.79 Å². The molecule has 4 heteroatoms. The summed E-state index contributed by atoms with van der Waals surface area (Å²) in [6, 6.07) is 10.5. The van der Waals surface area contributed by atoms with E-state index in [1.54, 1.807) is 0 Å². The molecule has 1 aliphatic carbocycles. The van der Waals surface area contributed by atoms with E-state index in [-0.39, 0.29) is 18.7 Å². The average Bonchev–Trinajstić information content (AvgIpc) is 2.62. The average molecular weight is 391 g/mol. The normalized spacial score (nSPS) is 21.1. The molecule has 0 aromatic heterocycles. The van der Waals surface area contributed by atoms with Gasteiger partial charge in [0, 0.05) is 5.92 Å². The maximum atomic E-state index is 12.7. The van der Waals surface area contributed by atoms with E-state index in [1.165, 1.54) is 12.0 Å².